The number of nitrogens with zero attached hydrogens (tertiary/aromatic N) is 2. The monoisotopic (exact) mass is 309 g/mol. The molecule has 0 saturated heterocycles. The Bertz CT molecular complexity index is 434. The SMILES string of the molecule is BrCCCCCCNCc1cn2ccccc2n1. The first-order valence-electron chi connectivity index (χ1n) is 6.59. The molecule has 98 valence electrons. The standard InChI is InChI=1S/C14H20BrN3/c15-8-4-1-2-5-9-16-11-13-12-18-10-6-3-7-14(18)17-13/h3,6-7,10,12,16H,1-2,4-5,8-9,11H2. The molecule has 0 aromatic carbocycles. The average molecular weight is 310 g/mol. The van der Waals surface area contributed by atoms with Gasteiger partial charge in [0.1, 0.15) is 5.65 Å². The fourth-order valence-electron chi connectivity index (χ4n) is 1.99. The third-order valence-corrected chi connectivity index (χ3v) is 3.52. The molecule has 18 heavy (non-hydrogen) atoms. The van der Waals surface area contributed by atoms with Crippen molar-refractivity contribution in [1.29, 1.82) is 0 Å². The summed E-state index contributed by atoms with van der Waals surface area (Å²) in [6, 6.07) is 6.07. The fourth-order valence-corrected chi connectivity index (χ4v) is 2.38. The zero-order chi connectivity index (χ0) is 12.6. The zero-order valence-corrected chi connectivity index (χ0v) is 12.2. The van der Waals surface area contributed by atoms with Crippen molar-refractivity contribution in [3.8, 4) is 0 Å². The van der Waals surface area contributed by atoms with E-state index in [4.69, 9.17) is 0 Å². The predicted molar refractivity (Wildman–Crippen MR) is 79.2 cm³/mol. The molecular weight excluding hydrogens is 290 g/mol. The van der Waals surface area contributed by atoms with Crippen LogP contribution < -0.4 is 5.32 Å². The van der Waals surface area contributed by atoms with Crippen LogP contribution in [0.5, 0.6) is 0 Å². The number of alkyl halides is 1. The Morgan fingerprint density at radius 3 is 2.89 bits per heavy atom. The molecule has 4 heteroatoms. The second kappa shape index (κ2) is 7.54. The number of fused-ring (bicyclic) bond motifs is 1. The van der Waals surface area contributed by atoms with Gasteiger partial charge in [0.25, 0.3) is 0 Å². The highest BCUT2D eigenvalue weighted by molar-refractivity contribution is 9.09. The number of halogens is 1. The molecule has 0 atom stereocenters. The van der Waals surface area contributed by atoms with Gasteiger partial charge >= 0.3 is 0 Å². The molecule has 0 bridgehead atoms. The molecule has 0 saturated carbocycles. The van der Waals surface area contributed by atoms with Gasteiger partial charge in [0.2, 0.25) is 0 Å². The molecule has 2 heterocycles. The van der Waals surface area contributed by atoms with Crippen molar-refractivity contribution >= 4 is 21.6 Å². The van der Waals surface area contributed by atoms with Crippen LogP contribution in [-0.2, 0) is 6.54 Å². The Balaban J connectivity index is 1.67. The Morgan fingerprint density at radius 2 is 2.06 bits per heavy atom. The van der Waals surface area contributed by atoms with Crippen molar-refractivity contribution < 1.29 is 0 Å². The average Bonchev–Trinajstić information content (AvgIpc) is 2.80. The number of hydrogen-bond acceptors (Lipinski definition) is 2. The van der Waals surface area contributed by atoms with E-state index in [1.54, 1.807) is 0 Å². The third kappa shape index (κ3) is 4.10. The zero-order valence-electron chi connectivity index (χ0n) is 10.6. The molecule has 2 aromatic rings. The Morgan fingerprint density at radius 1 is 1.17 bits per heavy atom. The number of pyridine rings is 1. The van der Waals surface area contributed by atoms with Gasteiger partial charge in [-0.1, -0.05) is 34.8 Å². The van der Waals surface area contributed by atoms with E-state index in [0.717, 1.165) is 29.8 Å². The van der Waals surface area contributed by atoms with Gasteiger partial charge in [0.15, 0.2) is 0 Å². The normalized spacial score (nSPS) is 11.2. The largest absolute Gasteiger partial charge is 0.311 e. The Labute approximate surface area is 117 Å². The van der Waals surface area contributed by atoms with Gasteiger partial charge in [-0.15, -0.1) is 0 Å². The van der Waals surface area contributed by atoms with E-state index in [-0.39, 0.29) is 0 Å². The molecule has 2 rings (SSSR count). The van der Waals surface area contributed by atoms with E-state index in [1.165, 1.54) is 25.7 Å². The summed E-state index contributed by atoms with van der Waals surface area (Å²) in [7, 11) is 0. The van der Waals surface area contributed by atoms with Crippen LogP contribution in [-0.4, -0.2) is 21.3 Å². The molecular formula is C14H20BrN3. The first-order chi connectivity index (χ1) is 8.90. The summed E-state index contributed by atoms with van der Waals surface area (Å²) in [5.74, 6) is 0. The van der Waals surface area contributed by atoms with Crippen molar-refractivity contribution in [2.45, 2.75) is 32.2 Å². The topological polar surface area (TPSA) is 29.3 Å². The van der Waals surface area contributed by atoms with Crippen LogP contribution >= 0.6 is 15.9 Å². The number of rotatable bonds is 8. The molecule has 0 spiro atoms. The summed E-state index contributed by atoms with van der Waals surface area (Å²) in [4.78, 5) is 4.55. The minimum absolute atomic E-state index is 0.861. The van der Waals surface area contributed by atoms with Crippen molar-refractivity contribution in [2.75, 3.05) is 11.9 Å². The van der Waals surface area contributed by atoms with Crippen molar-refractivity contribution in [1.82, 2.24) is 14.7 Å². The maximum atomic E-state index is 4.55. The third-order valence-electron chi connectivity index (χ3n) is 2.96. The molecule has 0 radical (unpaired) electrons. The second-order valence-electron chi connectivity index (χ2n) is 4.48. The molecule has 0 aliphatic carbocycles. The molecule has 0 unspecified atom stereocenters. The molecule has 0 aliphatic heterocycles. The molecule has 0 amide bonds. The van der Waals surface area contributed by atoms with Gasteiger partial charge in [-0.2, -0.15) is 0 Å². The van der Waals surface area contributed by atoms with E-state index in [9.17, 15) is 0 Å². The van der Waals surface area contributed by atoms with Gasteiger partial charge < -0.3 is 9.72 Å². The van der Waals surface area contributed by atoms with Crippen molar-refractivity contribution in [3.63, 3.8) is 0 Å². The fraction of sp³-hybridized carbons (Fsp3) is 0.500. The van der Waals surface area contributed by atoms with Gasteiger partial charge in [0, 0.05) is 24.3 Å². The Hall–Kier alpha value is -0.870. The molecule has 1 N–H and O–H groups in total. The Kier molecular flexibility index (Phi) is 5.68. The van der Waals surface area contributed by atoms with Crippen LogP contribution in [0.2, 0.25) is 0 Å². The summed E-state index contributed by atoms with van der Waals surface area (Å²) in [5, 5.41) is 4.58. The second-order valence-corrected chi connectivity index (χ2v) is 5.27. The maximum Gasteiger partial charge on any atom is 0.137 e. The molecule has 3 nitrogen and oxygen atoms in total. The predicted octanol–water partition coefficient (Wildman–Crippen LogP) is 3.38. The number of imidazole rings is 1. The van der Waals surface area contributed by atoms with Crippen LogP contribution in [0.4, 0.5) is 0 Å². The highest BCUT2D eigenvalue weighted by atomic mass is 79.9. The van der Waals surface area contributed by atoms with Gasteiger partial charge in [-0.3, -0.25) is 0 Å². The smallest absolute Gasteiger partial charge is 0.137 e. The highest BCUT2D eigenvalue weighted by Gasteiger charge is 1.99. The number of aromatic nitrogens is 2. The number of hydrogen-bond donors (Lipinski definition) is 1. The lowest BCUT2D eigenvalue weighted by Gasteiger charge is -2.01. The minimum atomic E-state index is 0.861. The summed E-state index contributed by atoms with van der Waals surface area (Å²) < 4.78 is 2.06. The molecule has 2 aromatic heterocycles. The number of unbranched alkanes of at least 4 members (excludes halogenated alkanes) is 3. The quantitative estimate of drug-likeness (QED) is 0.598. The highest BCUT2D eigenvalue weighted by Crippen LogP contribution is 2.04. The lowest BCUT2D eigenvalue weighted by molar-refractivity contribution is 0.596. The van der Waals surface area contributed by atoms with Crippen LogP contribution in [0.1, 0.15) is 31.4 Å². The lowest BCUT2D eigenvalue weighted by Crippen LogP contribution is -2.14. The van der Waals surface area contributed by atoms with E-state index in [0.29, 0.717) is 0 Å². The summed E-state index contributed by atoms with van der Waals surface area (Å²) in [5.41, 5.74) is 2.13. The number of nitrogens with one attached hydrogen (secondary N) is 1. The summed E-state index contributed by atoms with van der Waals surface area (Å²) >= 11 is 3.45. The van der Waals surface area contributed by atoms with Crippen molar-refractivity contribution in [3.05, 3.63) is 36.3 Å². The van der Waals surface area contributed by atoms with E-state index < -0.39 is 0 Å². The molecule has 0 aliphatic rings. The molecule has 0 fully saturated rings. The summed E-state index contributed by atoms with van der Waals surface area (Å²) in [6.45, 7) is 1.94. The van der Waals surface area contributed by atoms with Crippen molar-refractivity contribution in [2.24, 2.45) is 0 Å². The summed E-state index contributed by atoms with van der Waals surface area (Å²) in [6.07, 6.45) is 9.29. The van der Waals surface area contributed by atoms with Crippen LogP contribution in [0.15, 0.2) is 30.6 Å². The maximum absolute atomic E-state index is 4.55. The van der Waals surface area contributed by atoms with Crippen LogP contribution in [0, 0.1) is 0 Å². The van der Waals surface area contributed by atoms with E-state index in [2.05, 4.69) is 36.8 Å². The van der Waals surface area contributed by atoms with E-state index >= 15 is 0 Å². The van der Waals surface area contributed by atoms with Gasteiger partial charge in [-0.05, 0) is 31.5 Å². The first kappa shape index (κ1) is 13.6. The van der Waals surface area contributed by atoms with Crippen LogP contribution in [0.25, 0.3) is 5.65 Å². The first-order valence-corrected chi connectivity index (χ1v) is 7.71. The van der Waals surface area contributed by atoms with E-state index in [1.807, 2.05) is 24.4 Å². The van der Waals surface area contributed by atoms with Crippen LogP contribution in [0.3, 0.4) is 0 Å². The van der Waals surface area contributed by atoms with Gasteiger partial charge in [0.05, 0.1) is 5.69 Å². The van der Waals surface area contributed by atoms with Gasteiger partial charge in [-0.25, -0.2) is 4.98 Å². The lowest BCUT2D eigenvalue weighted by atomic mass is 10.2. The minimum Gasteiger partial charge on any atom is -0.311 e.